The van der Waals surface area contributed by atoms with Crippen molar-refractivity contribution in [1.82, 2.24) is 9.88 Å². The van der Waals surface area contributed by atoms with Crippen molar-refractivity contribution in [2.45, 2.75) is 5.92 Å². The number of nitrogens with one attached hydrogen (secondary N) is 1. The van der Waals surface area contributed by atoms with Crippen LogP contribution in [0.25, 0.3) is 0 Å². The Bertz CT molecular complexity index is 771. The van der Waals surface area contributed by atoms with Crippen LogP contribution in [0.15, 0.2) is 42.6 Å². The maximum atomic E-state index is 12.6. The summed E-state index contributed by atoms with van der Waals surface area (Å²) in [6.07, 6.45) is 1.68. The molecule has 0 bridgehead atoms. The highest BCUT2D eigenvalue weighted by Crippen LogP contribution is 2.49. The number of hydrogen-bond acceptors (Lipinski definition) is 3. The number of nitrogens with zero attached hydrogens (tertiary/aromatic N) is 1. The van der Waals surface area contributed by atoms with Gasteiger partial charge in [0, 0.05) is 30.8 Å². The minimum Gasteiger partial charge on any atom is -0.492 e. The van der Waals surface area contributed by atoms with Gasteiger partial charge in [-0.2, -0.15) is 0 Å². The number of ether oxygens (including phenoxy) is 1. The fourth-order valence-corrected chi connectivity index (χ4v) is 3.63. The van der Waals surface area contributed by atoms with Gasteiger partial charge in [-0.25, -0.2) is 0 Å². The number of rotatable bonds is 2. The molecule has 0 aliphatic carbocycles. The first-order valence-electron chi connectivity index (χ1n) is 7.49. The van der Waals surface area contributed by atoms with Crippen molar-refractivity contribution in [3.63, 3.8) is 0 Å². The second-order valence-electron chi connectivity index (χ2n) is 6.11. The van der Waals surface area contributed by atoms with Crippen molar-refractivity contribution in [1.29, 1.82) is 0 Å². The molecule has 0 radical (unpaired) electrons. The predicted octanol–water partition coefficient (Wildman–Crippen LogP) is 1.72. The molecule has 1 fully saturated rings. The Labute approximate surface area is 132 Å². The molecule has 1 amide bonds. The van der Waals surface area contributed by atoms with Crippen LogP contribution in [0.3, 0.4) is 0 Å². The lowest BCUT2D eigenvalue weighted by molar-refractivity contribution is -0.151. The number of para-hydroxylation sites is 1. The summed E-state index contributed by atoms with van der Waals surface area (Å²) < 4.78 is 5.69. The number of benzene rings is 1. The number of amides is 1. The number of fused-ring (bicyclic) bond motifs is 3. The van der Waals surface area contributed by atoms with Gasteiger partial charge in [0.25, 0.3) is 5.91 Å². The van der Waals surface area contributed by atoms with Gasteiger partial charge in [0.15, 0.2) is 0 Å². The molecule has 6 nitrogen and oxygen atoms in total. The maximum Gasteiger partial charge on any atom is 0.315 e. The van der Waals surface area contributed by atoms with Gasteiger partial charge in [0.05, 0.1) is 0 Å². The zero-order valence-corrected chi connectivity index (χ0v) is 12.4. The Hall–Kier alpha value is -2.76. The van der Waals surface area contributed by atoms with Gasteiger partial charge in [-0.15, -0.1) is 0 Å². The number of aliphatic carboxylic acids is 1. The first-order chi connectivity index (χ1) is 11.1. The first-order valence-corrected chi connectivity index (χ1v) is 7.49. The molecule has 0 saturated carbocycles. The number of carbonyl (C=O) groups is 2. The molecule has 6 heteroatoms. The van der Waals surface area contributed by atoms with Gasteiger partial charge < -0.3 is 19.7 Å². The molecule has 1 aromatic carbocycles. The van der Waals surface area contributed by atoms with E-state index in [0.717, 1.165) is 5.56 Å². The van der Waals surface area contributed by atoms with Gasteiger partial charge in [0.2, 0.25) is 0 Å². The average Bonchev–Trinajstić information content (AvgIpc) is 3.22. The Balaban J connectivity index is 1.73. The van der Waals surface area contributed by atoms with E-state index in [1.54, 1.807) is 23.2 Å². The van der Waals surface area contributed by atoms with E-state index in [4.69, 9.17) is 4.74 Å². The van der Waals surface area contributed by atoms with Crippen LogP contribution in [0, 0.1) is 5.41 Å². The molecule has 4 rings (SSSR count). The highest BCUT2D eigenvalue weighted by atomic mass is 16.5. The maximum absolute atomic E-state index is 12.6. The third kappa shape index (κ3) is 1.94. The van der Waals surface area contributed by atoms with Gasteiger partial charge in [0.1, 0.15) is 23.5 Å². The minimum absolute atomic E-state index is 0.0819. The Morgan fingerprint density at radius 1 is 1.26 bits per heavy atom. The Kier molecular flexibility index (Phi) is 2.94. The van der Waals surface area contributed by atoms with Crippen LogP contribution in [0.1, 0.15) is 22.0 Å². The number of hydrogen-bond donors (Lipinski definition) is 2. The van der Waals surface area contributed by atoms with E-state index in [1.165, 1.54) is 0 Å². The molecule has 3 heterocycles. The molecule has 2 atom stereocenters. The van der Waals surface area contributed by atoms with E-state index >= 15 is 0 Å². The molecule has 1 aromatic heterocycles. The monoisotopic (exact) mass is 312 g/mol. The summed E-state index contributed by atoms with van der Waals surface area (Å²) in [7, 11) is 0. The average molecular weight is 312 g/mol. The van der Waals surface area contributed by atoms with Crippen LogP contribution in [-0.4, -0.2) is 46.6 Å². The largest absolute Gasteiger partial charge is 0.492 e. The standard InChI is InChI=1S/C17H16N2O4/c20-15(13-5-3-7-18-13)19-8-12-11-4-1-2-6-14(11)23-10-17(12,9-19)16(21)22/h1-7,12,18H,8-10H2,(H,21,22)/t12-,17-/m0/s1. The lowest BCUT2D eigenvalue weighted by Crippen LogP contribution is -2.46. The molecular formula is C17H16N2O4. The predicted molar refractivity (Wildman–Crippen MR) is 81.4 cm³/mol. The Morgan fingerprint density at radius 3 is 2.83 bits per heavy atom. The minimum atomic E-state index is -1.09. The Morgan fingerprint density at radius 2 is 2.09 bits per heavy atom. The molecule has 23 heavy (non-hydrogen) atoms. The first kappa shape index (κ1) is 13.9. The zero-order valence-electron chi connectivity index (χ0n) is 12.4. The van der Waals surface area contributed by atoms with Crippen molar-refractivity contribution in [3.8, 4) is 5.75 Å². The summed E-state index contributed by atoms with van der Waals surface area (Å²) in [6.45, 7) is 0.613. The third-order valence-electron chi connectivity index (χ3n) is 4.86. The van der Waals surface area contributed by atoms with E-state index in [9.17, 15) is 14.7 Å². The van der Waals surface area contributed by atoms with E-state index in [2.05, 4.69) is 4.98 Å². The number of carboxylic acid groups (broad SMARTS) is 1. The summed E-state index contributed by atoms with van der Waals surface area (Å²) in [5.41, 5.74) is 0.248. The highest BCUT2D eigenvalue weighted by molar-refractivity contribution is 5.93. The van der Waals surface area contributed by atoms with Crippen LogP contribution in [0.4, 0.5) is 0 Å². The van der Waals surface area contributed by atoms with Crippen LogP contribution in [0.2, 0.25) is 0 Å². The van der Waals surface area contributed by atoms with Crippen LogP contribution in [0.5, 0.6) is 5.75 Å². The summed E-state index contributed by atoms with van der Waals surface area (Å²) in [4.78, 5) is 29.1. The third-order valence-corrected chi connectivity index (χ3v) is 4.86. The molecule has 2 aromatic rings. The fraction of sp³-hybridized carbons (Fsp3) is 0.294. The number of H-pyrrole nitrogens is 1. The molecule has 2 aliphatic rings. The van der Waals surface area contributed by atoms with Crippen molar-refractivity contribution in [3.05, 3.63) is 53.9 Å². The van der Waals surface area contributed by atoms with Crippen LogP contribution in [-0.2, 0) is 4.79 Å². The smallest absolute Gasteiger partial charge is 0.315 e. The van der Waals surface area contributed by atoms with E-state index in [-0.39, 0.29) is 25.0 Å². The molecule has 1 saturated heterocycles. The lowest BCUT2D eigenvalue weighted by Gasteiger charge is -2.35. The van der Waals surface area contributed by atoms with E-state index in [0.29, 0.717) is 18.0 Å². The summed E-state index contributed by atoms with van der Waals surface area (Å²) in [5.74, 6) is -0.645. The number of aromatic nitrogens is 1. The summed E-state index contributed by atoms with van der Waals surface area (Å²) >= 11 is 0. The van der Waals surface area contributed by atoms with Crippen molar-refractivity contribution in [2.75, 3.05) is 19.7 Å². The van der Waals surface area contributed by atoms with Gasteiger partial charge in [-0.05, 0) is 18.2 Å². The van der Waals surface area contributed by atoms with Crippen LogP contribution < -0.4 is 4.74 Å². The number of carboxylic acids is 1. The lowest BCUT2D eigenvalue weighted by atomic mass is 9.73. The van der Waals surface area contributed by atoms with Crippen molar-refractivity contribution < 1.29 is 19.4 Å². The van der Waals surface area contributed by atoms with Crippen LogP contribution >= 0.6 is 0 Å². The quantitative estimate of drug-likeness (QED) is 0.884. The molecule has 118 valence electrons. The molecular weight excluding hydrogens is 296 g/mol. The van der Waals surface area contributed by atoms with Gasteiger partial charge in [-0.1, -0.05) is 18.2 Å². The number of carbonyl (C=O) groups excluding carboxylic acids is 1. The number of aromatic amines is 1. The molecule has 2 aliphatic heterocycles. The molecule has 2 N–H and O–H groups in total. The molecule has 0 unspecified atom stereocenters. The summed E-state index contributed by atoms with van der Waals surface area (Å²) in [6, 6.07) is 10.9. The van der Waals surface area contributed by atoms with Gasteiger partial charge >= 0.3 is 5.97 Å². The SMILES string of the molecule is O=C(c1ccc[nH]1)N1C[C@H]2c3ccccc3OC[C@@]2(C(=O)O)C1. The second kappa shape index (κ2) is 4.87. The molecule has 0 spiro atoms. The van der Waals surface area contributed by atoms with E-state index < -0.39 is 11.4 Å². The van der Waals surface area contributed by atoms with E-state index in [1.807, 2.05) is 24.3 Å². The normalized spacial score (nSPS) is 25.4. The zero-order chi connectivity index (χ0) is 16.0. The van der Waals surface area contributed by atoms with Crippen molar-refractivity contribution >= 4 is 11.9 Å². The topological polar surface area (TPSA) is 82.6 Å². The fourth-order valence-electron chi connectivity index (χ4n) is 3.63. The van der Waals surface area contributed by atoms with Gasteiger partial charge in [-0.3, -0.25) is 9.59 Å². The highest BCUT2D eigenvalue weighted by Gasteiger charge is 2.57. The van der Waals surface area contributed by atoms with Crippen molar-refractivity contribution in [2.24, 2.45) is 5.41 Å². The summed E-state index contributed by atoms with van der Waals surface area (Å²) in [5, 5.41) is 9.83. The number of likely N-dealkylation sites (tertiary alicyclic amines) is 1. The second-order valence-corrected chi connectivity index (χ2v) is 6.11.